The highest BCUT2D eigenvalue weighted by Crippen LogP contribution is 2.15. The molecule has 1 saturated heterocycles. The second-order valence-electron chi connectivity index (χ2n) is 7.39. The Bertz CT molecular complexity index is 647. The van der Waals surface area contributed by atoms with Crippen LogP contribution in [0.1, 0.15) is 76.2 Å². The van der Waals surface area contributed by atoms with Crippen LogP contribution in [-0.4, -0.2) is 29.2 Å². The van der Waals surface area contributed by atoms with Gasteiger partial charge in [0.25, 0.3) is 0 Å². The topological polar surface area (TPSA) is 66.5 Å². The van der Waals surface area contributed by atoms with E-state index in [0.717, 1.165) is 44.1 Å². The Balaban J connectivity index is 1.39. The molecule has 0 atom stereocenters. The van der Waals surface area contributed by atoms with E-state index in [1.807, 2.05) is 24.3 Å². The van der Waals surface area contributed by atoms with Crippen molar-refractivity contribution in [3.8, 4) is 0 Å². The highest BCUT2D eigenvalue weighted by Gasteiger charge is 2.27. The van der Waals surface area contributed by atoms with Gasteiger partial charge in [-0.05, 0) is 24.5 Å². The predicted molar refractivity (Wildman–Crippen MR) is 111 cm³/mol. The molecule has 0 aromatic heterocycles. The second-order valence-corrected chi connectivity index (χ2v) is 7.79. The minimum absolute atomic E-state index is 0.0131. The second kappa shape index (κ2) is 12.6. The van der Waals surface area contributed by atoms with E-state index < -0.39 is 0 Å². The van der Waals surface area contributed by atoms with Gasteiger partial charge in [0, 0.05) is 37.4 Å². The molecule has 0 saturated carbocycles. The van der Waals surface area contributed by atoms with Crippen molar-refractivity contribution >= 4 is 29.3 Å². The molecule has 1 aromatic rings. The lowest BCUT2D eigenvalue weighted by Gasteiger charge is -2.13. The van der Waals surface area contributed by atoms with Crippen molar-refractivity contribution in [2.45, 2.75) is 77.2 Å². The van der Waals surface area contributed by atoms with Crippen LogP contribution in [0.15, 0.2) is 24.3 Å². The van der Waals surface area contributed by atoms with Crippen molar-refractivity contribution in [2.24, 2.45) is 0 Å². The van der Waals surface area contributed by atoms with Crippen molar-refractivity contribution in [1.82, 2.24) is 10.2 Å². The van der Waals surface area contributed by atoms with Gasteiger partial charge in [-0.2, -0.15) is 0 Å². The molecule has 1 aromatic carbocycles. The number of nitrogens with one attached hydrogen (secondary N) is 1. The standard InChI is InChI=1S/C22H31ClN2O3/c23-19-12-9-8-11-18(19)17-24-20(26)13-7-5-3-1-2-4-6-10-16-25-21(27)14-15-22(25)28/h8-9,11-12H,1-7,10,13-17H2,(H,24,26). The summed E-state index contributed by atoms with van der Waals surface area (Å²) in [5.74, 6) is 0.0488. The average molecular weight is 407 g/mol. The van der Waals surface area contributed by atoms with Gasteiger partial charge in [0.15, 0.2) is 0 Å². The molecule has 28 heavy (non-hydrogen) atoms. The maximum Gasteiger partial charge on any atom is 0.229 e. The van der Waals surface area contributed by atoms with Gasteiger partial charge in [-0.1, -0.05) is 68.3 Å². The number of carbonyl (C=O) groups is 3. The first-order valence-corrected chi connectivity index (χ1v) is 10.8. The number of benzene rings is 1. The molecule has 0 bridgehead atoms. The molecule has 0 spiro atoms. The minimum atomic E-state index is -0.0131. The highest BCUT2D eigenvalue weighted by atomic mass is 35.5. The monoisotopic (exact) mass is 406 g/mol. The summed E-state index contributed by atoms with van der Waals surface area (Å²) >= 11 is 6.08. The van der Waals surface area contributed by atoms with Crippen LogP contribution in [0.25, 0.3) is 0 Å². The number of hydrogen-bond donors (Lipinski definition) is 1. The van der Waals surface area contributed by atoms with E-state index in [0.29, 0.717) is 37.4 Å². The number of carbonyl (C=O) groups excluding carboxylic acids is 3. The van der Waals surface area contributed by atoms with Crippen molar-refractivity contribution in [3.05, 3.63) is 34.9 Å². The summed E-state index contributed by atoms with van der Waals surface area (Å²) in [7, 11) is 0. The first-order valence-electron chi connectivity index (χ1n) is 10.4. The molecule has 3 amide bonds. The van der Waals surface area contributed by atoms with E-state index in [1.54, 1.807) is 0 Å². The summed E-state index contributed by atoms with van der Waals surface area (Å²) in [6.07, 6.45) is 9.88. The summed E-state index contributed by atoms with van der Waals surface area (Å²) in [6, 6.07) is 7.54. The van der Waals surface area contributed by atoms with Gasteiger partial charge in [-0.25, -0.2) is 0 Å². The molecular weight excluding hydrogens is 376 g/mol. The zero-order chi connectivity index (χ0) is 20.2. The normalized spacial score (nSPS) is 14.0. The lowest BCUT2D eigenvalue weighted by molar-refractivity contribution is -0.138. The molecule has 0 radical (unpaired) electrons. The van der Waals surface area contributed by atoms with Gasteiger partial charge in [0.05, 0.1) is 0 Å². The van der Waals surface area contributed by atoms with Crippen molar-refractivity contribution in [2.75, 3.05) is 6.54 Å². The quantitative estimate of drug-likeness (QED) is 0.384. The number of imide groups is 1. The SMILES string of the molecule is O=C(CCCCCCCCCCN1C(=O)CCC1=O)NCc1ccccc1Cl. The van der Waals surface area contributed by atoms with Gasteiger partial charge < -0.3 is 5.32 Å². The maximum atomic E-state index is 11.9. The Morgan fingerprint density at radius 1 is 0.893 bits per heavy atom. The third-order valence-electron chi connectivity index (χ3n) is 5.12. The van der Waals surface area contributed by atoms with E-state index in [2.05, 4.69) is 5.32 Å². The summed E-state index contributed by atoms with van der Waals surface area (Å²) in [5, 5.41) is 3.60. The van der Waals surface area contributed by atoms with Crippen molar-refractivity contribution in [3.63, 3.8) is 0 Å². The molecule has 1 heterocycles. The van der Waals surface area contributed by atoms with Crippen LogP contribution in [0.3, 0.4) is 0 Å². The van der Waals surface area contributed by atoms with Crippen LogP contribution in [-0.2, 0) is 20.9 Å². The minimum Gasteiger partial charge on any atom is -0.352 e. The van der Waals surface area contributed by atoms with E-state index >= 15 is 0 Å². The molecule has 0 aliphatic carbocycles. The first kappa shape index (κ1) is 22.4. The third kappa shape index (κ3) is 8.01. The Morgan fingerprint density at radius 3 is 2.11 bits per heavy atom. The number of nitrogens with zero attached hydrogens (tertiary/aromatic N) is 1. The van der Waals surface area contributed by atoms with Gasteiger partial charge in [0.1, 0.15) is 0 Å². The summed E-state index contributed by atoms with van der Waals surface area (Å²) < 4.78 is 0. The molecule has 154 valence electrons. The molecular formula is C22H31ClN2O3. The summed E-state index contributed by atoms with van der Waals surface area (Å²) in [6.45, 7) is 1.06. The van der Waals surface area contributed by atoms with Crippen LogP contribution in [0, 0.1) is 0 Å². The van der Waals surface area contributed by atoms with Crippen molar-refractivity contribution in [1.29, 1.82) is 0 Å². The van der Waals surface area contributed by atoms with Crippen LogP contribution in [0.5, 0.6) is 0 Å². The summed E-state index contributed by atoms with van der Waals surface area (Å²) in [5.41, 5.74) is 0.941. The predicted octanol–water partition coefficient (Wildman–Crippen LogP) is 4.62. The zero-order valence-corrected chi connectivity index (χ0v) is 17.3. The fourth-order valence-electron chi connectivity index (χ4n) is 3.41. The maximum absolute atomic E-state index is 11.9. The van der Waals surface area contributed by atoms with E-state index in [1.165, 1.54) is 17.7 Å². The van der Waals surface area contributed by atoms with E-state index in [-0.39, 0.29) is 17.7 Å². The van der Waals surface area contributed by atoms with Gasteiger partial charge in [-0.15, -0.1) is 0 Å². The van der Waals surface area contributed by atoms with Crippen LogP contribution in [0.2, 0.25) is 5.02 Å². The van der Waals surface area contributed by atoms with Crippen molar-refractivity contribution < 1.29 is 14.4 Å². The Hall–Kier alpha value is -1.88. The van der Waals surface area contributed by atoms with E-state index in [4.69, 9.17) is 11.6 Å². The molecule has 1 aliphatic heterocycles. The summed E-state index contributed by atoms with van der Waals surface area (Å²) in [4.78, 5) is 36.3. The number of hydrogen-bond acceptors (Lipinski definition) is 3. The molecule has 1 fully saturated rings. The molecule has 6 heteroatoms. The van der Waals surface area contributed by atoms with Crippen LogP contribution < -0.4 is 5.32 Å². The number of amides is 3. The molecule has 5 nitrogen and oxygen atoms in total. The smallest absolute Gasteiger partial charge is 0.229 e. The number of rotatable bonds is 13. The lowest BCUT2D eigenvalue weighted by Crippen LogP contribution is -2.29. The zero-order valence-electron chi connectivity index (χ0n) is 16.6. The molecule has 2 rings (SSSR count). The molecule has 1 aliphatic rings. The number of unbranched alkanes of at least 4 members (excludes halogenated alkanes) is 7. The number of likely N-dealkylation sites (tertiary alicyclic amines) is 1. The van der Waals surface area contributed by atoms with E-state index in [9.17, 15) is 14.4 Å². The Kier molecular flexibility index (Phi) is 10.0. The van der Waals surface area contributed by atoms with Crippen LogP contribution >= 0.6 is 11.6 Å². The Labute approximate surface area is 172 Å². The number of halogens is 1. The van der Waals surface area contributed by atoms with Gasteiger partial charge in [-0.3, -0.25) is 19.3 Å². The average Bonchev–Trinajstić information content (AvgIpc) is 3.00. The molecule has 1 N–H and O–H groups in total. The Morgan fingerprint density at radius 2 is 1.46 bits per heavy atom. The first-order chi connectivity index (χ1) is 13.6. The highest BCUT2D eigenvalue weighted by molar-refractivity contribution is 6.31. The van der Waals surface area contributed by atoms with Gasteiger partial charge in [0.2, 0.25) is 17.7 Å². The molecule has 0 unspecified atom stereocenters. The van der Waals surface area contributed by atoms with Gasteiger partial charge >= 0.3 is 0 Å². The fourth-order valence-corrected chi connectivity index (χ4v) is 3.61. The fraction of sp³-hybridized carbons (Fsp3) is 0.591. The third-order valence-corrected chi connectivity index (χ3v) is 5.49. The lowest BCUT2D eigenvalue weighted by atomic mass is 10.1. The van der Waals surface area contributed by atoms with Crippen LogP contribution in [0.4, 0.5) is 0 Å². The largest absolute Gasteiger partial charge is 0.352 e.